The maximum atomic E-state index is 13.6. The van der Waals surface area contributed by atoms with E-state index in [2.05, 4.69) is 0 Å². The Morgan fingerprint density at radius 3 is 2.14 bits per heavy atom. The van der Waals surface area contributed by atoms with Crippen LogP contribution in [0.2, 0.25) is 0 Å². The molecule has 0 amide bonds. The van der Waals surface area contributed by atoms with E-state index in [-0.39, 0.29) is 5.82 Å². The maximum absolute atomic E-state index is 13.6. The van der Waals surface area contributed by atoms with E-state index in [0.717, 1.165) is 12.1 Å². The predicted molar refractivity (Wildman–Crippen MR) is 77.7 cm³/mol. The summed E-state index contributed by atoms with van der Waals surface area (Å²) in [6.45, 7) is 0. The van der Waals surface area contributed by atoms with Crippen LogP contribution in [0.25, 0.3) is 12.2 Å². The van der Waals surface area contributed by atoms with E-state index >= 15 is 0 Å². The molecule has 0 atom stereocenters. The molecule has 7 heteroatoms. The van der Waals surface area contributed by atoms with E-state index in [1.807, 2.05) is 0 Å². The summed E-state index contributed by atoms with van der Waals surface area (Å²) in [6.07, 6.45) is 3.07. The highest BCUT2D eigenvalue weighted by molar-refractivity contribution is 7.52. The average molecular weight is 328 g/mol. The highest BCUT2D eigenvalue weighted by atomic mass is 31.2. The van der Waals surface area contributed by atoms with Gasteiger partial charge in [0.05, 0.1) is 0 Å². The molecule has 22 heavy (non-hydrogen) atoms. The van der Waals surface area contributed by atoms with Crippen LogP contribution in [-0.4, -0.2) is 9.79 Å². The third-order valence-electron chi connectivity index (χ3n) is 2.94. The molecule has 116 valence electrons. The van der Waals surface area contributed by atoms with Crippen molar-refractivity contribution >= 4 is 19.7 Å². The van der Waals surface area contributed by atoms with Crippen LogP contribution in [0.4, 0.5) is 13.2 Å². The van der Waals surface area contributed by atoms with Gasteiger partial charge in [0.15, 0.2) is 0 Å². The molecule has 2 N–H and O–H groups in total. The number of alkyl halides is 2. The van der Waals surface area contributed by atoms with Crippen molar-refractivity contribution in [1.82, 2.24) is 0 Å². The Balaban J connectivity index is 2.29. The zero-order chi connectivity index (χ0) is 16.4. The first-order chi connectivity index (χ1) is 10.2. The second-order valence-corrected chi connectivity index (χ2v) is 6.25. The summed E-state index contributed by atoms with van der Waals surface area (Å²) in [5.41, 5.74) is -4.00. The van der Waals surface area contributed by atoms with Gasteiger partial charge in [0.25, 0.3) is 0 Å². The fourth-order valence-corrected chi connectivity index (χ4v) is 2.24. The molecule has 2 rings (SSSR count). The van der Waals surface area contributed by atoms with Crippen molar-refractivity contribution in [3.8, 4) is 0 Å². The highest BCUT2D eigenvalue weighted by Gasteiger charge is 2.50. The van der Waals surface area contributed by atoms with E-state index in [9.17, 15) is 17.7 Å². The molecule has 0 heterocycles. The molecule has 0 saturated heterocycles. The molecule has 0 saturated carbocycles. The van der Waals surface area contributed by atoms with Crippen LogP contribution < -0.4 is 0 Å². The zero-order valence-corrected chi connectivity index (χ0v) is 12.1. The first kappa shape index (κ1) is 16.5. The van der Waals surface area contributed by atoms with Crippen molar-refractivity contribution in [2.24, 2.45) is 0 Å². The normalized spacial score (nSPS) is 12.8. The SMILES string of the molecule is O=P(O)(O)C(F)(F)c1cccc(/C=C/c2ccc(F)cc2)c1. The van der Waals surface area contributed by atoms with Crippen LogP contribution in [0.15, 0.2) is 48.5 Å². The van der Waals surface area contributed by atoms with Crippen molar-refractivity contribution in [3.05, 3.63) is 71.0 Å². The van der Waals surface area contributed by atoms with Crippen molar-refractivity contribution in [1.29, 1.82) is 0 Å². The Hall–Kier alpha value is -1.88. The molecular formula is C15H12F3O3P. The lowest BCUT2D eigenvalue weighted by Crippen LogP contribution is -2.13. The molecule has 2 aromatic rings. The summed E-state index contributed by atoms with van der Waals surface area (Å²) in [5, 5.41) is 0. The molecule has 3 nitrogen and oxygen atoms in total. The van der Waals surface area contributed by atoms with Crippen LogP contribution in [0.3, 0.4) is 0 Å². The minimum atomic E-state index is -5.59. The number of hydrogen-bond donors (Lipinski definition) is 2. The molecule has 0 aliphatic heterocycles. The summed E-state index contributed by atoms with van der Waals surface area (Å²) in [6, 6.07) is 10.3. The second-order valence-electron chi connectivity index (χ2n) is 4.60. The number of rotatable bonds is 4. The molecule has 0 unspecified atom stereocenters. The Labute approximate surface area is 124 Å². The van der Waals surface area contributed by atoms with E-state index < -0.39 is 18.8 Å². The topological polar surface area (TPSA) is 57.5 Å². The molecule has 2 aromatic carbocycles. The van der Waals surface area contributed by atoms with Crippen LogP contribution in [0.1, 0.15) is 16.7 Å². The average Bonchev–Trinajstić information content (AvgIpc) is 2.46. The third-order valence-corrected chi connectivity index (χ3v) is 3.93. The summed E-state index contributed by atoms with van der Waals surface area (Å²) < 4.78 is 50.9. The maximum Gasteiger partial charge on any atom is 0.399 e. The van der Waals surface area contributed by atoms with Crippen molar-refractivity contribution in [3.63, 3.8) is 0 Å². The van der Waals surface area contributed by atoms with Gasteiger partial charge >= 0.3 is 13.3 Å². The van der Waals surface area contributed by atoms with Crippen molar-refractivity contribution in [2.75, 3.05) is 0 Å². The van der Waals surface area contributed by atoms with Gasteiger partial charge in [-0.2, -0.15) is 8.78 Å². The fourth-order valence-electron chi connectivity index (χ4n) is 1.76. The summed E-state index contributed by atoms with van der Waals surface area (Å²) in [4.78, 5) is 17.5. The summed E-state index contributed by atoms with van der Waals surface area (Å²) in [5.74, 6) is -0.388. The Kier molecular flexibility index (Phi) is 4.56. The van der Waals surface area contributed by atoms with Gasteiger partial charge in [0, 0.05) is 5.56 Å². The third kappa shape index (κ3) is 3.65. The van der Waals surface area contributed by atoms with Gasteiger partial charge in [-0.1, -0.05) is 42.5 Å². The van der Waals surface area contributed by atoms with Crippen LogP contribution in [0, 0.1) is 5.82 Å². The first-order valence-corrected chi connectivity index (χ1v) is 7.79. The van der Waals surface area contributed by atoms with E-state index in [0.29, 0.717) is 11.1 Å². The number of halogens is 3. The highest BCUT2D eigenvalue weighted by Crippen LogP contribution is 2.59. The molecular weight excluding hydrogens is 316 g/mol. The number of hydrogen-bond acceptors (Lipinski definition) is 1. The van der Waals surface area contributed by atoms with Gasteiger partial charge in [-0.05, 0) is 29.3 Å². The quantitative estimate of drug-likeness (QED) is 0.652. The molecule has 0 spiro atoms. The van der Waals surface area contributed by atoms with E-state index in [1.165, 1.54) is 42.5 Å². The van der Waals surface area contributed by atoms with Gasteiger partial charge < -0.3 is 9.79 Å². The van der Waals surface area contributed by atoms with E-state index in [4.69, 9.17) is 9.79 Å². The number of benzene rings is 2. The molecule has 0 radical (unpaired) electrons. The minimum Gasteiger partial charge on any atom is -0.320 e. The first-order valence-electron chi connectivity index (χ1n) is 6.18. The minimum absolute atomic E-state index is 0.343. The lowest BCUT2D eigenvalue weighted by Gasteiger charge is -2.18. The largest absolute Gasteiger partial charge is 0.399 e. The molecule has 0 aromatic heterocycles. The Morgan fingerprint density at radius 2 is 1.55 bits per heavy atom. The molecule has 0 aliphatic rings. The standard InChI is InChI=1S/C15H12F3O3P/c16-14-8-6-11(7-9-14)4-5-12-2-1-3-13(10-12)15(17,18)22(19,20)21/h1-10H,(H2,19,20,21)/b5-4+. The smallest absolute Gasteiger partial charge is 0.320 e. The lowest BCUT2D eigenvalue weighted by molar-refractivity contribution is 0.0564. The van der Waals surface area contributed by atoms with Gasteiger partial charge in [0.2, 0.25) is 0 Å². The van der Waals surface area contributed by atoms with Gasteiger partial charge in [-0.25, -0.2) is 4.39 Å². The molecule has 0 bridgehead atoms. The molecule has 0 aliphatic carbocycles. The zero-order valence-electron chi connectivity index (χ0n) is 11.2. The second kappa shape index (κ2) is 6.08. The molecule has 0 fully saturated rings. The van der Waals surface area contributed by atoms with E-state index in [1.54, 1.807) is 6.08 Å². The van der Waals surface area contributed by atoms with Gasteiger partial charge in [-0.3, -0.25) is 4.57 Å². The van der Waals surface area contributed by atoms with Gasteiger partial charge in [0.1, 0.15) is 5.82 Å². The van der Waals surface area contributed by atoms with Crippen LogP contribution in [-0.2, 0) is 10.2 Å². The van der Waals surface area contributed by atoms with Crippen molar-refractivity contribution in [2.45, 2.75) is 5.66 Å². The lowest BCUT2D eigenvalue weighted by atomic mass is 10.1. The van der Waals surface area contributed by atoms with Gasteiger partial charge in [-0.15, -0.1) is 0 Å². The monoisotopic (exact) mass is 328 g/mol. The van der Waals surface area contributed by atoms with Crippen LogP contribution in [0.5, 0.6) is 0 Å². The summed E-state index contributed by atoms with van der Waals surface area (Å²) >= 11 is 0. The Morgan fingerprint density at radius 1 is 0.955 bits per heavy atom. The Bertz CT molecular complexity index is 736. The van der Waals surface area contributed by atoms with Crippen molar-refractivity contribution < 1.29 is 27.5 Å². The predicted octanol–water partition coefficient (Wildman–Crippen LogP) is 4.22. The van der Waals surface area contributed by atoms with Crippen LogP contribution >= 0.6 is 7.60 Å². The fraction of sp³-hybridized carbons (Fsp3) is 0.0667. The summed E-state index contributed by atoms with van der Waals surface area (Å²) in [7, 11) is -5.59.